The second-order valence-corrected chi connectivity index (χ2v) is 2.87. The van der Waals surface area contributed by atoms with Gasteiger partial charge in [0.2, 0.25) is 5.91 Å². The largest absolute Gasteiger partial charge is 0.481 e. The summed E-state index contributed by atoms with van der Waals surface area (Å²) in [6, 6.07) is 0. The van der Waals surface area contributed by atoms with Gasteiger partial charge < -0.3 is 10.4 Å². The third kappa shape index (κ3) is 2.23. The molecule has 5 nitrogen and oxygen atoms in total. The van der Waals surface area contributed by atoms with Gasteiger partial charge in [-0.2, -0.15) is 0 Å². The van der Waals surface area contributed by atoms with Crippen molar-refractivity contribution in [3.8, 4) is 0 Å². The normalized spacial score (nSPS) is 28.2. The van der Waals surface area contributed by atoms with Crippen LogP contribution in [-0.4, -0.2) is 28.7 Å². The summed E-state index contributed by atoms with van der Waals surface area (Å²) >= 11 is 3.87. The Morgan fingerprint density at radius 3 is 3.00 bits per heavy atom. The van der Waals surface area contributed by atoms with Gasteiger partial charge in [0.1, 0.15) is 0 Å². The SMILES string of the molecule is O=C(O)CC1C=NC(S)NC1=O. The molecule has 0 aromatic carbocycles. The molecule has 1 aliphatic rings. The molecule has 0 aromatic heterocycles. The Bertz CT molecular complexity index is 241. The second-order valence-electron chi connectivity index (χ2n) is 2.38. The fourth-order valence-electron chi connectivity index (χ4n) is 0.858. The highest BCUT2D eigenvalue weighted by molar-refractivity contribution is 7.80. The van der Waals surface area contributed by atoms with Crippen molar-refractivity contribution >= 4 is 30.7 Å². The number of carbonyl (C=O) groups excluding carboxylic acids is 1. The molecule has 6 heteroatoms. The molecule has 1 amide bonds. The summed E-state index contributed by atoms with van der Waals surface area (Å²) in [6.07, 6.45) is 1.10. The maximum Gasteiger partial charge on any atom is 0.304 e. The van der Waals surface area contributed by atoms with Gasteiger partial charge in [-0.15, -0.1) is 12.6 Å². The quantitative estimate of drug-likeness (QED) is 0.511. The maximum absolute atomic E-state index is 11.0. The number of rotatable bonds is 2. The molecule has 0 saturated carbocycles. The average Bonchev–Trinajstić information content (AvgIpc) is 1.94. The van der Waals surface area contributed by atoms with Crippen LogP contribution < -0.4 is 5.32 Å². The van der Waals surface area contributed by atoms with Gasteiger partial charge in [0.25, 0.3) is 0 Å². The molecule has 0 saturated heterocycles. The van der Waals surface area contributed by atoms with Crippen LogP contribution in [0.3, 0.4) is 0 Å². The number of carbonyl (C=O) groups is 2. The molecule has 12 heavy (non-hydrogen) atoms. The molecule has 2 unspecified atom stereocenters. The summed E-state index contributed by atoms with van der Waals surface area (Å²) in [5.74, 6) is -2.02. The molecule has 0 aromatic rings. The van der Waals surface area contributed by atoms with Gasteiger partial charge in [-0.3, -0.25) is 14.6 Å². The summed E-state index contributed by atoms with van der Waals surface area (Å²) in [5.41, 5.74) is -0.539. The molecule has 2 atom stereocenters. The maximum atomic E-state index is 11.0. The summed E-state index contributed by atoms with van der Waals surface area (Å²) in [7, 11) is 0. The molecular weight excluding hydrogens is 180 g/mol. The summed E-state index contributed by atoms with van der Waals surface area (Å²) in [5, 5.41) is 10.8. The minimum absolute atomic E-state index is 0.226. The molecule has 0 spiro atoms. The van der Waals surface area contributed by atoms with E-state index < -0.39 is 17.4 Å². The van der Waals surface area contributed by atoms with Gasteiger partial charge in [0, 0.05) is 6.21 Å². The Morgan fingerprint density at radius 1 is 1.83 bits per heavy atom. The topological polar surface area (TPSA) is 78.8 Å². The monoisotopic (exact) mass is 188 g/mol. The molecule has 2 N–H and O–H groups in total. The number of nitrogens with one attached hydrogen (secondary N) is 1. The summed E-state index contributed by atoms with van der Waals surface area (Å²) in [4.78, 5) is 25.0. The zero-order valence-corrected chi connectivity index (χ0v) is 6.99. The highest BCUT2D eigenvalue weighted by Gasteiger charge is 2.24. The van der Waals surface area contributed by atoms with Crippen molar-refractivity contribution < 1.29 is 14.7 Å². The van der Waals surface area contributed by atoms with E-state index in [1.807, 2.05) is 0 Å². The van der Waals surface area contributed by atoms with E-state index in [0.717, 1.165) is 0 Å². The second kappa shape index (κ2) is 3.57. The van der Waals surface area contributed by atoms with Gasteiger partial charge in [0.05, 0.1) is 12.3 Å². The molecule has 0 bridgehead atoms. The van der Waals surface area contributed by atoms with Gasteiger partial charge in [-0.25, -0.2) is 0 Å². The van der Waals surface area contributed by atoms with Crippen molar-refractivity contribution in [1.82, 2.24) is 5.32 Å². The molecule has 1 aliphatic heterocycles. The molecule has 1 heterocycles. The number of carboxylic acids is 1. The van der Waals surface area contributed by atoms with Crippen molar-refractivity contribution in [3.05, 3.63) is 0 Å². The lowest BCUT2D eigenvalue weighted by atomic mass is 10.1. The zero-order valence-electron chi connectivity index (χ0n) is 6.10. The molecule has 1 rings (SSSR count). The Morgan fingerprint density at radius 2 is 2.50 bits per heavy atom. The van der Waals surface area contributed by atoms with E-state index in [9.17, 15) is 9.59 Å². The van der Waals surface area contributed by atoms with Crippen LogP contribution in [0.25, 0.3) is 0 Å². The lowest BCUT2D eigenvalue weighted by molar-refractivity contribution is -0.140. The smallest absolute Gasteiger partial charge is 0.304 e. The van der Waals surface area contributed by atoms with E-state index in [4.69, 9.17) is 5.11 Å². The van der Waals surface area contributed by atoms with E-state index in [0.29, 0.717) is 0 Å². The molecular formula is C6H8N2O3S. The van der Waals surface area contributed by atoms with Crippen LogP contribution in [0.2, 0.25) is 0 Å². The average molecular weight is 188 g/mol. The summed E-state index contributed by atoms with van der Waals surface area (Å²) < 4.78 is 0. The van der Waals surface area contributed by atoms with Crippen molar-refractivity contribution in [1.29, 1.82) is 0 Å². The van der Waals surface area contributed by atoms with E-state index in [-0.39, 0.29) is 12.3 Å². The Labute approximate surface area is 74.3 Å². The van der Waals surface area contributed by atoms with Crippen LogP contribution >= 0.6 is 12.6 Å². The predicted molar refractivity (Wildman–Crippen MR) is 45.2 cm³/mol. The fourth-order valence-corrected chi connectivity index (χ4v) is 1.06. The highest BCUT2D eigenvalue weighted by atomic mass is 32.1. The first-order chi connectivity index (χ1) is 5.59. The number of nitrogens with zero attached hydrogens (tertiary/aromatic N) is 1. The van der Waals surface area contributed by atoms with Crippen molar-refractivity contribution in [2.75, 3.05) is 0 Å². The first-order valence-electron chi connectivity index (χ1n) is 3.33. The molecule has 0 aliphatic carbocycles. The van der Waals surface area contributed by atoms with Crippen LogP contribution in [0.4, 0.5) is 0 Å². The Hall–Kier alpha value is -1.04. The van der Waals surface area contributed by atoms with Gasteiger partial charge in [-0.05, 0) is 0 Å². The third-order valence-corrected chi connectivity index (χ3v) is 1.67. The molecule has 66 valence electrons. The van der Waals surface area contributed by atoms with Crippen molar-refractivity contribution in [2.24, 2.45) is 10.9 Å². The standard InChI is InChI=1S/C6H8N2O3S/c9-4(10)1-3-2-7-6(12)8-5(3)11/h2-3,6,12H,1H2,(H,8,11)(H,9,10). The van der Waals surface area contributed by atoms with Gasteiger partial charge in [0.15, 0.2) is 5.50 Å². The van der Waals surface area contributed by atoms with Crippen LogP contribution in [-0.2, 0) is 9.59 Å². The Kier molecular flexibility index (Phi) is 2.69. The minimum atomic E-state index is -1.01. The number of thiol groups is 1. The highest BCUT2D eigenvalue weighted by Crippen LogP contribution is 2.08. The number of amides is 1. The van der Waals surface area contributed by atoms with Gasteiger partial charge in [-0.1, -0.05) is 0 Å². The van der Waals surface area contributed by atoms with Gasteiger partial charge >= 0.3 is 5.97 Å². The first-order valence-corrected chi connectivity index (χ1v) is 3.85. The number of aliphatic carboxylic acids is 1. The van der Waals surface area contributed by atoms with E-state index >= 15 is 0 Å². The molecule has 0 fully saturated rings. The lowest BCUT2D eigenvalue weighted by Gasteiger charge is -2.18. The zero-order chi connectivity index (χ0) is 9.14. The van der Waals surface area contributed by atoms with Crippen molar-refractivity contribution in [3.63, 3.8) is 0 Å². The van der Waals surface area contributed by atoms with E-state index in [2.05, 4.69) is 22.9 Å². The van der Waals surface area contributed by atoms with Crippen LogP contribution in [0.15, 0.2) is 4.99 Å². The van der Waals surface area contributed by atoms with Crippen LogP contribution in [0.1, 0.15) is 6.42 Å². The van der Waals surface area contributed by atoms with Crippen LogP contribution in [0, 0.1) is 5.92 Å². The molecule has 0 radical (unpaired) electrons. The van der Waals surface area contributed by atoms with Crippen LogP contribution in [0.5, 0.6) is 0 Å². The Balaban J connectivity index is 2.60. The first kappa shape index (κ1) is 9.05. The number of aliphatic imine (C=N–C) groups is 1. The number of hydrogen-bond acceptors (Lipinski definition) is 4. The number of hydrogen-bond donors (Lipinski definition) is 3. The fraction of sp³-hybridized carbons (Fsp3) is 0.500. The van der Waals surface area contributed by atoms with Crippen molar-refractivity contribution in [2.45, 2.75) is 11.9 Å². The third-order valence-electron chi connectivity index (χ3n) is 1.41. The van der Waals surface area contributed by atoms with E-state index in [1.165, 1.54) is 6.21 Å². The van der Waals surface area contributed by atoms with E-state index in [1.54, 1.807) is 0 Å². The predicted octanol–water partition coefficient (Wildman–Crippen LogP) is -0.509. The number of carboxylic acid groups (broad SMARTS) is 1. The lowest BCUT2D eigenvalue weighted by Crippen LogP contribution is -2.40. The summed E-state index contributed by atoms with van der Waals surface area (Å²) in [6.45, 7) is 0. The minimum Gasteiger partial charge on any atom is -0.481 e.